The Morgan fingerprint density at radius 2 is 1.83 bits per heavy atom. The van der Waals surface area contributed by atoms with E-state index in [-0.39, 0.29) is 6.04 Å². The average molecular weight is 335 g/mol. The number of hydrogen-bond donors (Lipinski definition) is 2. The van der Waals surface area contributed by atoms with Crippen LogP contribution < -0.4 is 10.6 Å². The molecule has 1 rings (SSSR count). The molecule has 0 aromatic heterocycles. The van der Waals surface area contributed by atoms with Crippen LogP contribution in [0, 0.1) is 0 Å². The van der Waals surface area contributed by atoms with Crippen molar-refractivity contribution >= 4 is 6.09 Å². The summed E-state index contributed by atoms with van der Waals surface area (Å²) in [6, 6.07) is 0.121. The van der Waals surface area contributed by atoms with Crippen molar-refractivity contribution in [2.24, 2.45) is 0 Å². The maximum atomic E-state index is 13.8. The summed E-state index contributed by atoms with van der Waals surface area (Å²) in [6.45, 7) is 9.04. The molecule has 0 spiro atoms. The summed E-state index contributed by atoms with van der Waals surface area (Å²) >= 11 is 0. The number of carbonyl (C=O) groups is 1. The zero-order chi connectivity index (χ0) is 17.5. The lowest BCUT2D eigenvalue weighted by Gasteiger charge is -2.33. The lowest BCUT2D eigenvalue weighted by Crippen LogP contribution is -2.49. The SMILES string of the molecule is CCCN1CCC(NCC(F)(F)CNC(=O)OC(C)(C)C)CC1. The highest BCUT2D eigenvalue weighted by Crippen LogP contribution is 2.15. The van der Waals surface area contributed by atoms with Crippen molar-refractivity contribution < 1.29 is 18.3 Å². The number of carbonyl (C=O) groups excluding carboxylic acids is 1. The summed E-state index contributed by atoms with van der Waals surface area (Å²) in [7, 11) is 0. The van der Waals surface area contributed by atoms with Crippen molar-refractivity contribution in [3.63, 3.8) is 0 Å². The third-order valence-electron chi connectivity index (χ3n) is 3.67. The van der Waals surface area contributed by atoms with E-state index in [0.29, 0.717) is 0 Å². The molecule has 5 nitrogen and oxygen atoms in total. The third-order valence-corrected chi connectivity index (χ3v) is 3.67. The number of nitrogens with zero attached hydrogens (tertiary/aromatic N) is 1. The molecule has 23 heavy (non-hydrogen) atoms. The molecular weight excluding hydrogens is 304 g/mol. The molecule has 1 aliphatic heterocycles. The Balaban J connectivity index is 2.24. The van der Waals surface area contributed by atoms with Gasteiger partial charge in [0.25, 0.3) is 5.92 Å². The smallest absolute Gasteiger partial charge is 0.407 e. The molecule has 1 aliphatic rings. The lowest BCUT2D eigenvalue weighted by molar-refractivity contribution is -0.00718. The molecule has 136 valence electrons. The number of alkyl halides is 2. The van der Waals surface area contributed by atoms with Crippen molar-refractivity contribution in [3.05, 3.63) is 0 Å². The predicted octanol–water partition coefficient (Wildman–Crippen LogP) is 2.61. The van der Waals surface area contributed by atoms with Gasteiger partial charge in [-0.2, -0.15) is 0 Å². The van der Waals surface area contributed by atoms with Crippen LogP contribution in [0.15, 0.2) is 0 Å². The van der Waals surface area contributed by atoms with Crippen LogP contribution in [0.1, 0.15) is 47.0 Å². The molecule has 0 atom stereocenters. The van der Waals surface area contributed by atoms with Gasteiger partial charge in [-0.25, -0.2) is 13.6 Å². The van der Waals surface area contributed by atoms with E-state index in [0.717, 1.165) is 38.9 Å². The summed E-state index contributed by atoms with van der Waals surface area (Å²) in [5, 5.41) is 5.06. The fraction of sp³-hybridized carbons (Fsp3) is 0.938. The topological polar surface area (TPSA) is 53.6 Å². The summed E-state index contributed by atoms with van der Waals surface area (Å²) in [4.78, 5) is 13.8. The van der Waals surface area contributed by atoms with Crippen LogP contribution in [0.2, 0.25) is 0 Å². The first kappa shape index (κ1) is 20.1. The molecule has 0 aromatic carbocycles. The van der Waals surface area contributed by atoms with E-state index in [4.69, 9.17) is 4.74 Å². The highest BCUT2D eigenvalue weighted by atomic mass is 19.3. The maximum absolute atomic E-state index is 13.8. The van der Waals surface area contributed by atoms with Gasteiger partial charge in [0.2, 0.25) is 0 Å². The first-order chi connectivity index (χ1) is 10.6. The monoisotopic (exact) mass is 335 g/mol. The van der Waals surface area contributed by atoms with Gasteiger partial charge in [0, 0.05) is 6.04 Å². The Morgan fingerprint density at radius 3 is 2.35 bits per heavy atom. The number of alkyl carbamates (subject to hydrolysis) is 1. The number of halogens is 2. The Bertz CT molecular complexity index is 365. The van der Waals surface area contributed by atoms with Crippen LogP contribution in [0.5, 0.6) is 0 Å². The van der Waals surface area contributed by atoms with Gasteiger partial charge in [-0.05, 0) is 59.7 Å². The van der Waals surface area contributed by atoms with E-state index in [1.807, 2.05) is 0 Å². The van der Waals surface area contributed by atoms with Gasteiger partial charge in [-0.15, -0.1) is 0 Å². The summed E-state index contributed by atoms with van der Waals surface area (Å²) in [6.07, 6.45) is 2.07. The fourth-order valence-corrected chi connectivity index (χ4v) is 2.55. The second kappa shape index (κ2) is 8.78. The number of piperidine rings is 1. The van der Waals surface area contributed by atoms with E-state index >= 15 is 0 Å². The van der Waals surface area contributed by atoms with E-state index in [1.165, 1.54) is 0 Å². The zero-order valence-corrected chi connectivity index (χ0v) is 14.8. The maximum Gasteiger partial charge on any atom is 0.407 e. The normalized spacial score (nSPS) is 18.0. The molecule has 2 N–H and O–H groups in total. The highest BCUT2D eigenvalue weighted by Gasteiger charge is 2.31. The number of likely N-dealkylation sites (tertiary alicyclic amines) is 1. The van der Waals surface area contributed by atoms with Crippen molar-refractivity contribution in [1.29, 1.82) is 0 Å². The van der Waals surface area contributed by atoms with Gasteiger partial charge in [-0.3, -0.25) is 0 Å². The molecule has 0 unspecified atom stereocenters. The number of ether oxygens (including phenoxy) is 1. The van der Waals surface area contributed by atoms with E-state index in [9.17, 15) is 13.6 Å². The first-order valence-corrected chi connectivity index (χ1v) is 8.42. The standard InChI is InChI=1S/C16H31F2N3O2/c1-5-8-21-9-6-13(7-10-21)19-11-16(17,18)12-20-14(22)23-15(2,3)4/h13,19H,5-12H2,1-4H3,(H,20,22). The lowest BCUT2D eigenvalue weighted by atomic mass is 10.0. The quantitative estimate of drug-likeness (QED) is 0.751. The van der Waals surface area contributed by atoms with E-state index in [2.05, 4.69) is 22.5 Å². The first-order valence-electron chi connectivity index (χ1n) is 8.42. The molecule has 1 heterocycles. The van der Waals surface area contributed by atoms with Gasteiger partial charge in [-0.1, -0.05) is 6.92 Å². The molecular formula is C16H31F2N3O2. The van der Waals surface area contributed by atoms with Crippen molar-refractivity contribution in [1.82, 2.24) is 15.5 Å². The Labute approximate surface area is 138 Å². The highest BCUT2D eigenvalue weighted by molar-refractivity contribution is 5.67. The number of rotatable bonds is 7. The summed E-state index contributed by atoms with van der Waals surface area (Å²) < 4.78 is 32.6. The zero-order valence-electron chi connectivity index (χ0n) is 14.8. The molecule has 0 bridgehead atoms. The van der Waals surface area contributed by atoms with Gasteiger partial charge < -0.3 is 20.3 Å². The van der Waals surface area contributed by atoms with Gasteiger partial charge in [0.1, 0.15) is 5.60 Å². The summed E-state index contributed by atoms with van der Waals surface area (Å²) in [5.74, 6) is -2.99. The van der Waals surface area contributed by atoms with E-state index in [1.54, 1.807) is 20.8 Å². The van der Waals surface area contributed by atoms with Gasteiger partial charge in [0.05, 0.1) is 13.1 Å². The Hall–Kier alpha value is -0.950. The van der Waals surface area contributed by atoms with Crippen molar-refractivity contribution in [3.8, 4) is 0 Å². The minimum atomic E-state index is -2.99. The molecule has 7 heteroatoms. The largest absolute Gasteiger partial charge is 0.444 e. The van der Waals surface area contributed by atoms with Gasteiger partial charge in [0.15, 0.2) is 0 Å². The number of hydrogen-bond acceptors (Lipinski definition) is 4. The van der Waals surface area contributed by atoms with Crippen molar-refractivity contribution in [2.45, 2.75) is 64.5 Å². The van der Waals surface area contributed by atoms with Crippen LogP contribution in [-0.4, -0.2) is 61.3 Å². The molecule has 0 saturated carbocycles. The minimum absolute atomic E-state index is 0.121. The number of nitrogens with one attached hydrogen (secondary N) is 2. The second-order valence-corrected chi connectivity index (χ2v) is 7.21. The number of amides is 1. The van der Waals surface area contributed by atoms with Crippen molar-refractivity contribution in [2.75, 3.05) is 32.7 Å². The van der Waals surface area contributed by atoms with Crippen LogP contribution in [-0.2, 0) is 4.74 Å². The predicted molar refractivity (Wildman–Crippen MR) is 86.9 cm³/mol. The van der Waals surface area contributed by atoms with Crippen LogP contribution in [0.3, 0.4) is 0 Å². The van der Waals surface area contributed by atoms with Crippen LogP contribution in [0.25, 0.3) is 0 Å². The third kappa shape index (κ3) is 9.05. The molecule has 0 aromatic rings. The molecule has 1 amide bonds. The Kier molecular flexibility index (Phi) is 7.67. The van der Waals surface area contributed by atoms with Gasteiger partial charge >= 0.3 is 6.09 Å². The Morgan fingerprint density at radius 1 is 1.22 bits per heavy atom. The minimum Gasteiger partial charge on any atom is -0.444 e. The van der Waals surface area contributed by atoms with Crippen LogP contribution in [0.4, 0.5) is 13.6 Å². The fourth-order valence-electron chi connectivity index (χ4n) is 2.55. The van der Waals surface area contributed by atoms with E-state index < -0.39 is 30.7 Å². The average Bonchev–Trinajstić information content (AvgIpc) is 2.43. The molecule has 0 radical (unpaired) electrons. The summed E-state index contributed by atoms with van der Waals surface area (Å²) in [5.41, 5.74) is -0.690. The molecule has 1 fully saturated rings. The van der Waals surface area contributed by atoms with Crippen LogP contribution >= 0.6 is 0 Å². The molecule has 0 aliphatic carbocycles. The molecule has 1 saturated heterocycles. The second-order valence-electron chi connectivity index (χ2n) is 7.21.